The standard InChI is InChI=1S/C49H33N3/c1-4-14-34(15-5-1)37-26-29-39(30-27-37)47-50-48(43-23-12-22-41(33-43)35-16-6-2-7-17-35)52-49(51-47)45-25-13-24-44(38-19-8-3-9-20-38)46(45)42-31-28-36-18-10-11-21-40(36)32-42/h1-33H. The number of hydrogen-bond acceptors (Lipinski definition) is 3. The highest BCUT2D eigenvalue weighted by molar-refractivity contribution is 5.97. The Bertz CT molecular complexity index is 2650. The van der Waals surface area contributed by atoms with Gasteiger partial charge >= 0.3 is 0 Å². The second-order valence-corrected chi connectivity index (χ2v) is 12.9. The monoisotopic (exact) mass is 663 g/mol. The number of fused-ring (bicyclic) bond motifs is 1. The maximum Gasteiger partial charge on any atom is 0.164 e. The molecule has 0 unspecified atom stereocenters. The first kappa shape index (κ1) is 31.0. The van der Waals surface area contributed by atoms with Crippen LogP contribution in [0.3, 0.4) is 0 Å². The molecule has 0 amide bonds. The molecule has 3 nitrogen and oxygen atoms in total. The Hall–Kier alpha value is -6.97. The van der Waals surface area contributed by atoms with E-state index in [1.807, 2.05) is 12.1 Å². The smallest absolute Gasteiger partial charge is 0.164 e. The zero-order valence-corrected chi connectivity index (χ0v) is 28.4. The average molecular weight is 664 g/mol. The molecule has 9 aromatic rings. The molecule has 0 N–H and O–H groups in total. The van der Waals surface area contributed by atoms with E-state index in [0.29, 0.717) is 17.5 Å². The first-order valence-electron chi connectivity index (χ1n) is 17.5. The molecule has 0 aliphatic heterocycles. The van der Waals surface area contributed by atoms with Crippen LogP contribution in [0.4, 0.5) is 0 Å². The molecule has 0 aliphatic rings. The lowest BCUT2D eigenvalue weighted by atomic mass is 9.89. The maximum atomic E-state index is 5.26. The third kappa shape index (κ3) is 6.17. The Kier molecular flexibility index (Phi) is 8.20. The van der Waals surface area contributed by atoms with Crippen LogP contribution in [0.15, 0.2) is 200 Å². The lowest BCUT2D eigenvalue weighted by molar-refractivity contribution is 1.07. The van der Waals surface area contributed by atoms with Crippen LogP contribution in [0.5, 0.6) is 0 Å². The van der Waals surface area contributed by atoms with Gasteiger partial charge in [0.25, 0.3) is 0 Å². The number of aromatic nitrogens is 3. The molecule has 0 radical (unpaired) electrons. The third-order valence-corrected chi connectivity index (χ3v) is 9.54. The summed E-state index contributed by atoms with van der Waals surface area (Å²) < 4.78 is 0. The summed E-state index contributed by atoms with van der Waals surface area (Å²) in [6, 6.07) is 70.0. The lowest BCUT2D eigenvalue weighted by Crippen LogP contribution is -2.02. The van der Waals surface area contributed by atoms with Crippen LogP contribution in [0, 0.1) is 0 Å². The molecule has 0 saturated carbocycles. The Morgan fingerprint density at radius 2 is 0.692 bits per heavy atom. The average Bonchev–Trinajstić information content (AvgIpc) is 3.24. The van der Waals surface area contributed by atoms with Gasteiger partial charge in [-0.3, -0.25) is 0 Å². The Labute approximate surface area is 303 Å². The number of nitrogens with zero attached hydrogens (tertiary/aromatic N) is 3. The zero-order valence-electron chi connectivity index (χ0n) is 28.4. The molecule has 3 heteroatoms. The molecule has 9 rings (SSSR count). The SMILES string of the molecule is c1ccc(-c2ccc(-c3nc(-c4cccc(-c5ccccc5)c4)nc(-c4cccc(-c5ccccc5)c4-c4ccc5ccccc5c4)n3)cc2)cc1. The van der Waals surface area contributed by atoms with Gasteiger partial charge in [0.2, 0.25) is 0 Å². The maximum absolute atomic E-state index is 5.26. The topological polar surface area (TPSA) is 38.7 Å². The lowest BCUT2D eigenvalue weighted by Gasteiger charge is -2.17. The quantitative estimate of drug-likeness (QED) is 0.170. The van der Waals surface area contributed by atoms with Gasteiger partial charge in [-0.15, -0.1) is 0 Å². The Balaban J connectivity index is 1.26. The normalized spacial score (nSPS) is 11.1. The van der Waals surface area contributed by atoms with E-state index in [4.69, 9.17) is 15.0 Å². The molecule has 0 bridgehead atoms. The van der Waals surface area contributed by atoms with Crippen molar-refractivity contribution in [1.29, 1.82) is 0 Å². The molecule has 244 valence electrons. The van der Waals surface area contributed by atoms with Crippen molar-refractivity contribution < 1.29 is 0 Å². The minimum atomic E-state index is 0.623. The van der Waals surface area contributed by atoms with Gasteiger partial charge in [0.1, 0.15) is 0 Å². The molecule has 0 atom stereocenters. The van der Waals surface area contributed by atoms with E-state index in [9.17, 15) is 0 Å². The third-order valence-electron chi connectivity index (χ3n) is 9.54. The van der Waals surface area contributed by atoms with Crippen LogP contribution in [0.1, 0.15) is 0 Å². The van der Waals surface area contributed by atoms with Crippen molar-refractivity contribution in [3.63, 3.8) is 0 Å². The van der Waals surface area contributed by atoms with Crippen molar-refractivity contribution in [3.05, 3.63) is 200 Å². The van der Waals surface area contributed by atoms with E-state index in [1.54, 1.807) is 0 Å². The van der Waals surface area contributed by atoms with E-state index < -0.39 is 0 Å². The van der Waals surface area contributed by atoms with Gasteiger partial charge < -0.3 is 0 Å². The van der Waals surface area contributed by atoms with E-state index in [1.165, 1.54) is 16.3 Å². The van der Waals surface area contributed by atoms with E-state index in [0.717, 1.165) is 55.6 Å². The van der Waals surface area contributed by atoms with Gasteiger partial charge in [0.15, 0.2) is 17.5 Å². The molecular weight excluding hydrogens is 631 g/mol. The first-order chi connectivity index (χ1) is 25.8. The van der Waals surface area contributed by atoms with E-state index in [-0.39, 0.29) is 0 Å². The number of hydrogen-bond donors (Lipinski definition) is 0. The molecule has 0 aliphatic carbocycles. The summed E-state index contributed by atoms with van der Waals surface area (Å²) in [5, 5.41) is 2.38. The summed E-state index contributed by atoms with van der Waals surface area (Å²) in [5.41, 5.74) is 11.8. The fraction of sp³-hybridized carbons (Fsp3) is 0. The minimum Gasteiger partial charge on any atom is -0.208 e. The molecule has 8 aromatic carbocycles. The summed E-state index contributed by atoms with van der Waals surface area (Å²) >= 11 is 0. The summed E-state index contributed by atoms with van der Waals surface area (Å²) in [4.78, 5) is 15.6. The van der Waals surface area contributed by atoms with Gasteiger partial charge in [0, 0.05) is 22.3 Å². The van der Waals surface area contributed by atoms with Crippen molar-refractivity contribution in [2.24, 2.45) is 0 Å². The van der Waals surface area contributed by atoms with Crippen molar-refractivity contribution in [3.8, 4) is 78.7 Å². The largest absolute Gasteiger partial charge is 0.208 e. The van der Waals surface area contributed by atoms with Crippen molar-refractivity contribution in [2.75, 3.05) is 0 Å². The Morgan fingerprint density at radius 3 is 1.40 bits per heavy atom. The highest BCUT2D eigenvalue weighted by Crippen LogP contribution is 2.41. The van der Waals surface area contributed by atoms with Crippen LogP contribution < -0.4 is 0 Å². The van der Waals surface area contributed by atoms with Gasteiger partial charge in [0.05, 0.1) is 0 Å². The molecule has 0 fully saturated rings. The van der Waals surface area contributed by atoms with Crippen LogP contribution in [0.25, 0.3) is 89.4 Å². The van der Waals surface area contributed by atoms with Gasteiger partial charge in [-0.2, -0.15) is 0 Å². The van der Waals surface area contributed by atoms with Gasteiger partial charge in [-0.25, -0.2) is 15.0 Å². The summed E-state index contributed by atoms with van der Waals surface area (Å²) in [5.74, 6) is 1.87. The predicted molar refractivity (Wildman–Crippen MR) is 215 cm³/mol. The second kappa shape index (κ2) is 13.7. The molecule has 1 aromatic heterocycles. The molecule has 0 spiro atoms. The summed E-state index contributed by atoms with van der Waals surface area (Å²) in [7, 11) is 0. The molecule has 0 saturated heterocycles. The highest BCUT2D eigenvalue weighted by atomic mass is 15.0. The first-order valence-corrected chi connectivity index (χ1v) is 17.5. The van der Waals surface area contributed by atoms with Gasteiger partial charge in [-0.05, 0) is 61.8 Å². The van der Waals surface area contributed by atoms with Crippen LogP contribution in [-0.2, 0) is 0 Å². The summed E-state index contributed by atoms with van der Waals surface area (Å²) in [6.07, 6.45) is 0. The number of benzene rings is 8. The Morgan fingerprint density at radius 1 is 0.231 bits per heavy atom. The van der Waals surface area contributed by atoms with Crippen LogP contribution in [-0.4, -0.2) is 15.0 Å². The van der Waals surface area contributed by atoms with Crippen molar-refractivity contribution in [2.45, 2.75) is 0 Å². The van der Waals surface area contributed by atoms with Gasteiger partial charge in [-0.1, -0.05) is 188 Å². The zero-order chi connectivity index (χ0) is 34.7. The molecule has 1 heterocycles. The highest BCUT2D eigenvalue weighted by Gasteiger charge is 2.19. The number of rotatable bonds is 7. The molecule has 52 heavy (non-hydrogen) atoms. The fourth-order valence-electron chi connectivity index (χ4n) is 6.92. The molecular formula is C49H33N3. The fourth-order valence-corrected chi connectivity index (χ4v) is 6.92. The van der Waals surface area contributed by atoms with Crippen molar-refractivity contribution in [1.82, 2.24) is 15.0 Å². The van der Waals surface area contributed by atoms with Crippen LogP contribution in [0.2, 0.25) is 0 Å². The van der Waals surface area contributed by atoms with E-state index >= 15 is 0 Å². The second-order valence-electron chi connectivity index (χ2n) is 12.9. The van der Waals surface area contributed by atoms with Crippen molar-refractivity contribution >= 4 is 10.8 Å². The van der Waals surface area contributed by atoms with E-state index in [2.05, 4.69) is 188 Å². The van der Waals surface area contributed by atoms with Crippen LogP contribution >= 0.6 is 0 Å². The minimum absolute atomic E-state index is 0.623. The predicted octanol–water partition coefficient (Wildman–Crippen LogP) is 12.7. The summed E-state index contributed by atoms with van der Waals surface area (Å²) in [6.45, 7) is 0.